The Balaban J connectivity index is 2.22. The molecule has 166 valence electrons. The molecule has 1 aliphatic rings. The van der Waals surface area contributed by atoms with Gasteiger partial charge in [-0.1, -0.05) is 6.92 Å². The van der Waals surface area contributed by atoms with Crippen LogP contribution in [-0.4, -0.2) is 47.1 Å². The van der Waals surface area contributed by atoms with Crippen molar-refractivity contribution < 1.29 is 56.3 Å². The van der Waals surface area contributed by atoms with Gasteiger partial charge in [0.05, 0.1) is 6.61 Å². The van der Waals surface area contributed by atoms with E-state index in [1.807, 2.05) is 0 Å². The second-order valence-electron chi connectivity index (χ2n) is 5.81. The van der Waals surface area contributed by atoms with Crippen LogP contribution in [0.2, 0.25) is 0 Å². The lowest BCUT2D eigenvalue weighted by atomic mass is 9.95. The summed E-state index contributed by atoms with van der Waals surface area (Å²) in [6.45, 7) is 0.952. The third-order valence-electron chi connectivity index (χ3n) is 3.74. The van der Waals surface area contributed by atoms with Gasteiger partial charge in [0, 0.05) is 24.1 Å². The van der Waals surface area contributed by atoms with Crippen molar-refractivity contribution in [2.75, 3.05) is 6.61 Å². The number of ether oxygens (including phenoxy) is 1. The molecule has 6 atom stereocenters. The molecule has 19 heteroatoms. The number of phosphoric acid groups is 3. The van der Waals surface area contributed by atoms with Crippen molar-refractivity contribution in [2.45, 2.75) is 19.4 Å². The summed E-state index contributed by atoms with van der Waals surface area (Å²) in [6, 6.07) is 1.13. The van der Waals surface area contributed by atoms with Crippen molar-refractivity contribution in [1.82, 2.24) is 9.55 Å². The fourth-order valence-electron chi connectivity index (χ4n) is 2.55. The van der Waals surface area contributed by atoms with Gasteiger partial charge in [0.15, 0.2) is 11.1 Å². The highest BCUT2D eigenvalue weighted by Gasteiger charge is 2.49. The van der Waals surface area contributed by atoms with Gasteiger partial charge in [-0.2, -0.15) is 8.62 Å². The van der Waals surface area contributed by atoms with Crippen LogP contribution in [-0.2, 0) is 31.6 Å². The van der Waals surface area contributed by atoms with Gasteiger partial charge < -0.3 is 29.4 Å². The standard InChI is InChI=1S/C10H17N2O13P3S/c1-5-6(4-13)9(22-8(5)12-3-2-7(14)11-10(12)29)23-27(18,19)25-28(20,21)24-26(15,16)17/h2-3,5-6,8-9,13H,4H2,1H3,(H,18,19)(H,20,21)(H,11,14,29)(H2,15,16,17)/t5?,6?,8-,9-/m1/s1. The molecule has 0 aromatic carbocycles. The minimum atomic E-state index is -5.70. The fourth-order valence-corrected chi connectivity index (χ4v) is 5.95. The molecule has 0 aliphatic carbocycles. The summed E-state index contributed by atoms with van der Waals surface area (Å²) < 4.78 is 52.7. The van der Waals surface area contributed by atoms with Crippen molar-refractivity contribution in [3.05, 3.63) is 27.4 Å². The Hall–Kier alpha value is -0.570. The summed E-state index contributed by atoms with van der Waals surface area (Å²) in [7, 11) is -16.7. The lowest BCUT2D eigenvalue weighted by molar-refractivity contribution is -0.125. The highest BCUT2D eigenvalue weighted by molar-refractivity contribution is 7.71. The number of H-pyrrole nitrogens is 1. The maximum Gasteiger partial charge on any atom is 0.490 e. The van der Waals surface area contributed by atoms with E-state index in [4.69, 9.17) is 26.7 Å². The van der Waals surface area contributed by atoms with Gasteiger partial charge in [-0.05, 0) is 12.2 Å². The van der Waals surface area contributed by atoms with Crippen molar-refractivity contribution >= 4 is 35.7 Å². The molecule has 0 radical (unpaired) electrons. The monoisotopic (exact) mass is 498 g/mol. The summed E-state index contributed by atoms with van der Waals surface area (Å²) in [4.78, 5) is 49.5. The van der Waals surface area contributed by atoms with Gasteiger partial charge >= 0.3 is 23.5 Å². The van der Waals surface area contributed by atoms with E-state index in [0.29, 0.717) is 0 Å². The van der Waals surface area contributed by atoms with Crippen molar-refractivity contribution in [1.29, 1.82) is 0 Å². The zero-order chi connectivity index (χ0) is 22.2. The Bertz CT molecular complexity index is 1000. The number of aromatic nitrogens is 2. The first-order valence-corrected chi connectivity index (χ1v) is 12.5. The molecule has 2 heterocycles. The van der Waals surface area contributed by atoms with Crippen LogP contribution in [0.4, 0.5) is 0 Å². The fraction of sp³-hybridized carbons (Fsp3) is 0.600. The number of nitrogens with one attached hydrogen (secondary N) is 1. The van der Waals surface area contributed by atoms with Gasteiger partial charge in [0.25, 0.3) is 5.56 Å². The van der Waals surface area contributed by atoms with E-state index in [1.54, 1.807) is 6.92 Å². The summed E-state index contributed by atoms with van der Waals surface area (Å²) >= 11 is 5.01. The first-order valence-electron chi connectivity index (χ1n) is 7.54. The number of aliphatic hydroxyl groups excluding tert-OH is 1. The quantitative estimate of drug-likeness (QED) is 0.210. The van der Waals surface area contributed by atoms with Gasteiger partial charge in [0.1, 0.15) is 6.23 Å². The average Bonchev–Trinajstić information content (AvgIpc) is 2.78. The van der Waals surface area contributed by atoms with Gasteiger partial charge in [0.2, 0.25) is 0 Å². The molecule has 4 unspecified atom stereocenters. The van der Waals surface area contributed by atoms with E-state index in [1.165, 1.54) is 10.8 Å². The van der Waals surface area contributed by atoms with Crippen LogP contribution >= 0.6 is 35.7 Å². The molecular formula is C10H17N2O13P3S. The average molecular weight is 498 g/mol. The molecule has 1 aromatic rings. The summed E-state index contributed by atoms with van der Waals surface area (Å²) in [5.74, 6) is -1.56. The minimum Gasteiger partial charge on any atom is -0.396 e. The highest BCUT2D eigenvalue weighted by atomic mass is 32.1. The number of rotatable bonds is 8. The molecule has 29 heavy (non-hydrogen) atoms. The van der Waals surface area contributed by atoms with E-state index in [9.17, 15) is 33.4 Å². The Morgan fingerprint density at radius 1 is 1.21 bits per heavy atom. The van der Waals surface area contributed by atoms with Gasteiger partial charge in [-0.3, -0.25) is 18.9 Å². The second-order valence-corrected chi connectivity index (χ2v) is 10.6. The zero-order valence-electron chi connectivity index (χ0n) is 14.4. The zero-order valence-corrected chi connectivity index (χ0v) is 17.9. The summed E-state index contributed by atoms with van der Waals surface area (Å²) in [5, 5.41) is 9.57. The largest absolute Gasteiger partial charge is 0.490 e. The van der Waals surface area contributed by atoms with E-state index in [2.05, 4.69) is 18.1 Å². The molecular weight excluding hydrogens is 481 g/mol. The predicted molar refractivity (Wildman–Crippen MR) is 94.5 cm³/mol. The molecule has 1 saturated heterocycles. The third-order valence-corrected chi connectivity index (χ3v) is 7.85. The molecule has 0 saturated carbocycles. The number of hydrogen-bond donors (Lipinski definition) is 6. The highest BCUT2D eigenvalue weighted by Crippen LogP contribution is 2.67. The molecule has 1 aromatic heterocycles. The van der Waals surface area contributed by atoms with Crippen LogP contribution in [0.3, 0.4) is 0 Å². The molecule has 0 amide bonds. The van der Waals surface area contributed by atoms with Crippen LogP contribution in [0.15, 0.2) is 17.1 Å². The summed E-state index contributed by atoms with van der Waals surface area (Å²) in [5.41, 5.74) is -0.486. The number of phosphoric ester groups is 1. The number of hydrogen-bond acceptors (Lipinski definition) is 10. The molecule has 1 fully saturated rings. The molecule has 0 spiro atoms. The first-order chi connectivity index (χ1) is 13.1. The van der Waals surface area contributed by atoms with Crippen LogP contribution in [0.1, 0.15) is 13.2 Å². The third kappa shape index (κ3) is 6.71. The van der Waals surface area contributed by atoms with Crippen LogP contribution in [0.25, 0.3) is 0 Å². The SMILES string of the molecule is CC1C(CO)[C@@H](OP(=O)(O)OP(=O)(O)OP(=O)(O)O)O[C@H]1n1ccc(=O)[nH]c1=S. The molecule has 2 rings (SSSR count). The van der Waals surface area contributed by atoms with Crippen LogP contribution in [0, 0.1) is 16.6 Å². The first kappa shape index (κ1) is 24.7. The van der Waals surface area contributed by atoms with Crippen LogP contribution in [0.5, 0.6) is 0 Å². The number of aromatic amines is 1. The maximum absolute atomic E-state index is 12.0. The van der Waals surface area contributed by atoms with E-state index >= 15 is 0 Å². The molecule has 6 N–H and O–H groups in total. The maximum atomic E-state index is 12.0. The van der Waals surface area contributed by atoms with E-state index in [-0.39, 0.29) is 4.77 Å². The van der Waals surface area contributed by atoms with Crippen molar-refractivity contribution in [2.24, 2.45) is 11.8 Å². The smallest absolute Gasteiger partial charge is 0.396 e. The van der Waals surface area contributed by atoms with E-state index in [0.717, 1.165) is 6.07 Å². The topological polar surface area (TPSA) is 227 Å². The minimum absolute atomic E-state index is 0.0509. The van der Waals surface area contributed by atoms with E-state index < -0.39 is 60.0 Å². The Morgan fingerprint density at radius 3 is 2.34 bits per heavy atom. The molecule has 0 bridgehead atoms. The second kappa shape index (κ2) is 8.89. The van der Waals surface area contributed by atoms with Gasteiger partial charge in [-0.15, -0.1) is 0 Å². The Morgan fingerprint density at radius 2 is 1.83 bits per heavy atom. The lowest BCUT2D eigenvalue weighted by Crippen LogP contribution is -2.25. The molecule has 1 aliphatic heterocycles. The van der Waals surface area contributed by atoms with Crippen molar-refractivity contribution in [3.8, 4) is 0 Å². The number of aliphatic hydroxyl groups is 1. The Labute approximate surface area is 167 Å². The predicted octanol–water partition coefficient (Wildman–Crippen LogP) is 0.349. The van der Waals surface area contributed by atoms with Gasteiger partial charge in [-0.25, -0.2) is 13.7 Å². The lowest BCUT2D eigenvalue weighted by Gasteiger charge is -2.22. The summed E-state index contributed by atoms with van der Waals surface area (Å²) in [6.07, 6.45) is -1.36. The normalized spacial score (nSPS) is 29.3. The van der Waals surface area contributed by atoms with Crippen LogP contribution < -0.4 is 5.56 Å². The Kier molecular flexibility index (Phi) is 7.57. The number of nitrogens with zero attached hydrogens (tertiary/aromatic N) is 1. The molecule has 15 nitrogen and oxygen atoms in total. The van der Waals surface area contributed by atoms with Crippen molar-refractivity contribution in [3.63, 3.8) is 0 Å².